The lowest BCUT2D eigenvalue weighted by Gasteiger charge is -2.64. The van der Waals surface area contributed by atoms with Gasteiger partial charge in [0.15, 0.2) is 6.29 Å². The van der Waals surface area contributed by atoms with Crippen LogP contribution in [0.25, 0.3) is 0 Å². The Labute approximate surface area is 202 Å². The smallest absolute Gasteiger partial charge is 0.496 e. The van der Waals surface area contributed by atoms with Crippen LogP contribution in [0.3, 0.4) is 0 Å². The number of carbonyl (C=O) groups excluding carboxylic acids is 1. The molecule has 0 radical (unpaired) electrons. The molecular formula is C26H37BO7. The molecule has 0 amide bonds. The molecular weight excluding hydrogens is 435 g/mol. The van der Waals surface area contributed by atoms with Crippen LogP contribution in [0.5, 0.6) is 5.75 Å². The molecule has 7 nitrogen and oxygen atoms in total. The van der Waals surface area contributed by atoms with Crippen LogP contribution >= 0.6 is 0 Å². The van der Waals surface area contributed by atoms with Gasteiger partial charge in [-0.3, -0.25) is 0 Å². The van der Waals surface area contributed by atoms with Crippen LogP contribution in [0.2, 0.25) is 0 Å². The van der Waals surface area contributed by atoms with Gasteiger partial charge in [-0.2, -0.15) is 0 Å². The summed E-state index contributed by atoms with van der Waals surface area (Å²) in [5, 5.41) is 0. The summed E-state index contributed by atoms with van der Waals surface area (Å²) in [4.78, 5) is 13.2. The zero-order chi connectivity index (χ0) is 24.5. The molecule has 2 heterocycles. The summed E-state index contributed by atoms with van der Waals surface area (Å²) < 4.78 is 36.5. The molecule has 4 atom stereocenters. The summed E-state index contributed by atoms with van der Waals surface area (Å²) in [5.74, 6) is 1.02. The lowest BCUT2D eigenvalue weighted by Crippen LogP contribution is -2.65. The summed E-state index contributed by atoms with van der Waals surface area (Å²) >= 11 is 0. The van der Waals surface area contributed by atoms with E-state index in [1.54, 1.807) is 13.2 Å². The van der Waals surface area contributed by atoms with Gasteiger partial charge in [-0.05, 0) is 70.3 Å². The Kier molecular flexibility index (Phi) is 5.83. The van der Waals surface area contributed by atoms with Crippen molar-refractivity contribution in [1.29, 1.82) is 0 Å². The molecule has 8 heteroatoms. The minimum atomic E-state index is -0.648. The fraction of sp³-hybridized carbons (Fsp3) is 0.731. The van der Waals surface area contributed by atoms with Gasteiger partial charge in [0.2, 0.25) is 0 Å². The highest BCUT2D eigenvalue weighted by atomic mass is 16.7. The molecule has 1 unspecified atom stereocenters. The first-order chi connectivity index (χ1) is 15.9. The molecule has 186 valence electrons. The van der Waals surface area contributed by atoms with Gasteiger partial charge >= 0.3 is 13.1 Å². The first-order valence-electron chi connectivity index (χ1n) is 12.5. The van der Waals surface area contributed by atoms with Crippen molar-refractivity contribution in [3.63, 3.8) is 0 Å². The monoisotopic (exact) mass is 472 g/mol. The average molecular weight is 472 g/mol. The van der Waals surface area contributed by atoms with E-state index >= 15 is 0 Å². The molecule has 34 heavy (non-hydrogen) atoms. The minimum absolute atomic E-state index is 0.00907. The second-order valence-electron chi connectivity index (χ2n) is 11.9. The molecule has 5 fully saturated rings. The van der Waals surface area contributed by atoms with E-state index < -0.39 is 25.0 Å². The lowest BCUT2D eigenvalue weighted by atomic mass is 9.43. The summed E-state index contributed by atoms with van der Waals surface area (Å²) in [6, 6.07) is 3.68. The molecule has 0 N–H and O–H groups in total. The minimum Gasteiger partial charge on any atom is -0.496 e. The topological polar surface area (TPSA) is 72.5 Å². The highest BCUT2D eigenvalue weighted by molar-refractivity contribution is 6.63. The maximum Gasteiger partial charge on any atom is 0.498 e. The normalized spacial score (nSPS) is 32.7. The van der Waals surface area contributed by atoms with E-state index in [-0.39, 0.29) is 17.1 Å². The molecule has 2 bridgehead atoms. The maximum atomic E-state index is 13.2. The Morgan fingerprint density at radius 3 is 2.44 bits per heavy atom. The van der Waals surface area contributed by atoms with E-state index in [0.29, 0.717) is 41.8 Å². The second kappa shape index (κ2) is 8.22. The van der Waals surface area contributed by atoms with Crippen LogP contribution in [-0.4, -0.2) is 50.7 Å². The van der Waals surface area contributed by atoms with E-state index in [1.807, 2.05) is 26.8 Å². The average Bonchev–Trinajstić information content (AvgIpc) is 3.14. The summed E-state index contributed by atoms with van der Waals surface area (Å²) in [6.45, 7) is 13.6. The standard InChI is InChI=1S/C26H37BO7/c1-24(2,3)32-22(28)17-11-15(23-30-9-8-10-31-23)12-18(21(17)29-7)27-33-20-14-16-13-19(25(16,4)5)26(20,6)34-27/h11-12,16,19-20,23H,8-10,13-14H2,1-7H3/t16-,19-,20?,26-/m0/s1. The van der Waals surface area contributed by atoms with Crippen LogP contribution in [0, 0.1) is 17.3 Å². The molecule has 0 spiro atoms. The number of esters is 1. The number of hydrogen-bond donors (Lipinski definition) is 0. The molecule has 1 aromatic rings. The third kappa shape index (κ3) is 3.87. The van der Waals surface area contributed by atoms with Gasteiger partial charge in [0.1, 0.15) is 16.9 Å². The van der Waals surface area contributed by atoms with E-state index in [0.717, 1.165) is 18.4 Å². The van der Waals surface area contributed by atoms with Gasteiger partial charge in [0.05, 0.1) is 32.0 Å². The number of methoxy groups -OCH3 is 1. The number of hydrogen-bond acceptors (Lipinski definition) is 7. The van der Waals surface area contributed by atoms with Crippen LogP contribution in [-0.2, 0) is 23.5 Å². The molecule has 1 aromatic carbocycles. The van der Waals surface area contributed by atoms with E-state index in [9.17, 15) is 4.79 Å². The molecule has 5 aliphatic rings. The maximum absolute atomic E-state index is 13.2. The van der Waals surface area contributed by atoms with Crippen molar-refractivity contribution in [2.45, 2.75) is 84.4 Å². The predicted octanol–water partition coefficient (Wildman–Crippen LogP) is 4.02. The molecule has 3 aliphatic carbocycles. The molecule has 6 rings (SSSR count). The fourth-order valence-corrected chi connectivity index (χ4v) is 6.38. The van der Waals surface area contributed by atoms with Crippen LogP contribution in [0.1, 0.15) is 83.0 Å². The summed E-state index contributed by atoms with van der Waals surface area (Å²) in [7, 11) is 0.911. The Morgan fingerprint density at radius 2 is 1.82 bits per heavy atom. The predicted molar refractivity (Wildman–Crippen MR) is 127 cm³/mol. The fourth-order valence-electron chi connectivity index (χ4n) is 6.38. The molecule has 0 aromatic heterocycles. The molecule has 2 saturated heterocycles. The van der Waals surface area contributed by atoms with Crippen LogP contribution < -0.4 is 10.2 Å². The second-order valence-corrected chi connectivity index (χ2v) is 11.9. The number of benzene rings is 1. The van der Waals surface area contributed by atoms with Gasteiger partial charge in [0.25, 0.3) is 0 Å². The van der Waals surface area contributed by atoms with Crippen molar-refractivity contribution >= 4 is 18.6 Å². The SMILES string of the molecule is COc1c(B2OC3C[C@@H]4C[C@@H](C4(C)C)[C@]3(C)O2)cc(C2OCCCO2)cc1C(=O)OC(C)(C)C. The summed E-state index contributed by atoms with van der Waals surface area (Å²) in [6.07, 6.45) is 2.43. The van der Waals surface area contributed by atoms with Gasteiger partial charge < -0.3 is 28.3 Å². The van der Waals surface area contributed by atoms with Crippen molar-refractivity contribution in [3.8, 4) is 5.75 Å². The van der Waals surface area contributed by atoms with Gasteiger partial charge in [0, 0.05) is 11.0 Å². The number of rotatable bonds is 4. The first-order valence-corrected chi connectivity index (χ1v) is 12.5. The number of ether oxygens (including phenoxy) is 4. The highest BCUT2D eigenvalue weighted by Crippen LogP contribution is 2.65. The van der Waals surface area contributed by atoms with Crippen molar-refractivity contribution < 1.29 is 33.1 Å². The largest absolute Gasteiger partial charge is 0.498 e. The van der Waals surface area contributed by atoms with Crippen molar-refractivity contribution in [2.75, 3.05) is 20.3 Å². The quantitative estimate of drug-likeness (QED) is 0.484. The van der Waals surface area contributed by atoms with Crippen LogP contribution in [0.4, 0.5) is 0 Å². The zero-order valence-electron chi connectivity index (χ0n) is 21.4. The van der Waals surface area contributed by atoms with Crippen LogP contribution in [0.15, 0.2) is 12.1 Å². The van der Waals surface area contributed by atoms with Gasteiger partial charge in [-0.15, -0.1) is 0 Å². The number of carbonyl (C=O) groups is 1. The molecule has 2 aliphatic heterocycles. The van der Waals surface area contributed by atoms with Gasteiger partial charge in [-0.1, -0.05) is 19.9 Å². The first kappa shape index (κ1) is 24.1. The Balaban J connectivity index is 1.54. The van der Waals surface area contributed by atoms with E-state index in [4.69, 9.17) is 28.3 Å². The van der Waals surface area contributed by atoms with E-state index in [2.05, 4.69) is 20.8 Å². The zero-order valence-corrected chi connectivity index (χ0v) is 21.4. The Hall–Kier alpha value is -1.61. The van der Waals surface area contributed by atoms with Crippen molar-refractivity contribution in [2.24, 2.45) is 17.3 Å². The Morgan fingerprint density at radius 1 is 1.12 bits per heavy atom. The van der Waals surface area contributed by atoms with Crippen molar-refractivity contribution in [3.05, 3.63) is 23.3 Å². The van der Waals surface area contributed by atoms with Crippen molar-refractivity contribution in [1.82, 2.24) is 0 Å². The lowest BCUT2D eigenvalue weighted by molar-refractivity contribution is -0.199. The summed E-state index contributed by atoms with van der Waals surface area (Å²) in [5.41, 5.74) is 0.928. The molecule has 3 saturated carbocycles. The third-order valence-corrected chi connectivity index (χ3v) is 8.27. The highest BCUT2D eigenvalue weighted by Gasteiger charge is 2.68. The third-order valence-electron chi connectivity index (χ3n) is 8.27. The van der Waals surface area contributed by atoms with Gasteiger partial charge in [-0.25, -0.2) is 4.79 Å². The van der Waals surface area contributed by atoms with E-state index in [1.165, 1.54) is 6.42 Å². The Bertz CT molecular complexity index is 965.